The van der Waals surface area contributed by atoms with Crippen LogP contribution in [-0.4, -0.2) is 40.1 Å². The van der Waals surface area contributed by atoms with Crippen molar-refractivity contribution in [3.8, 4) is 5.75 Å². The lowest BCUT2D eigenvalue weighted by molar-refractivity contribution is 0.0928. The number of phenolic OH excluding ortho intramolecular Hbond substituents is 1. The molecular weight excluding hydrogens is 351 g/mol. The van der Waals surface area contributed by atoms with E-state index >= 15 is 0 Å². The predicted molar refractivity (Wildman–Crippen MR) is 92.9 cm³/mol. The van der Waals surface area contributed by atoms with Crippen LogP contribution < -0.4 is 10.2 Å². The van der Waals surface area contributed by atoms with E-state index in [1.807, 2.05) is 0 Å². The molecule has 1 aliphatic heterocycles. The Labute approximate surface area is 149 Å². The van der Waals surface area contributed by atoms with Gasteiger partial charge in [0.15, 0.2) is 0 Å². The van der Waals surface area contributed by atoms with E-state index in [2.05, 4.69) is 20.2 Å². The molecule has 0 saturated carbocycles. The largest absolute Gasteiger partial charge is 0.506 e. The molecule has 0 aliphatic carbocycles. The zero-order chi connectivity index (χ0) is 17.1. The fourth-order valence-corrected chi connectivity index (χ4v) is 3.20. The number of nitrogens with zero attached hydrogens (tertiary/aromatic N) is 3. The summed E-state index contributed by atoms with van der Waals surface area (Å²) >= 11 is 11.8. The predicted octanol–water partition coefficient (Wildman–Crippen LogP) is 2.89. The second-order valence-corrected chi connectivity index (χ2v) is 6.43. The van der Waals surface area contributed by atoms with Crippen molar-refractivity contribution >= 4 is 34.9 Å². The number of aromatic hydroxyl groups is 1. The minimum absolute atomic E-state index is 0.0163. The summed E-state index contributed by atoms with van der Waals surface area (Å²) in [5, 5.41) is 13.2. The van der Waals surface area contributed by atoms with Crippen molar-refractivity contribution in [1.29, 1.82) is 0 Å². The van der Waals surface area contributed by atoms with Crippen LogP contribution in [0.3, 0.4) is 0 Å². The molecule has 1 saturated heterocycles. The summed E-state index contributed by atoms with van der Waals surface area (Å²) in [5.74, 6) is 0.201. The number of aromatic nitrogens is 2. The maximum Gasteiger partial charge on any atom is 0.255 e. The van der Waals surface area contributed by atoms with Crippen LogP contribution >= 0.6 is 23.2 Å². The van der Waals surface area contributed by atoms with Crippen LogP contribution in [0, 0.1) is 0 Å². The monoisotopic (exact) mass is 366 g/mol. The molecule has 0 unspecified atom stereocenters. The summed E-state index contributed by atoms with van der Waals surface area (Å²) in [4.78, 5) is 22.8. The number of rotatable bonds is 3. The molecule has 1 aromatic heterocycles. The van der Waals surface area contributed by atoms with Crippen molar-refractivity contribution in [2.75, 3.05) is 18.0 Å². The Hall–Kier alpha value is -2.05. The molecule has 2 aromatic rings. The number of hydrogen-bond acceptors (Lipinski definition) is 5. The quantitative estimate of drug-likeness (QED) is 0.872. The minimum atomic E-state index is -0.380. The molecule has 6 nitrogen and oxygen atoms in total. The van der Waals surface area contributed by atoms with Gasteiger partial charge in [-0.2, -0.15) is 0 Å². The molecule has 1 aromatic carbocycles. The van der Waals surface area contributed by atoms with Gasteiger partial charge in [0.25, 0.3) is 5.91 Å². The highest BCUT2D eigenvalue weighted by Gasteiger charge is 2.23. The standard InChI is InChI=1S/C16H16Cl2N4O2/c17-10-7-12(15(23)13(18)8-10)16(24)21-11-1-5-22(6-2-11)14-9-19-3-4-20-14/h3-4,7-9,11,23H,1-2,5-6H2,(H,21,24). The second kappa shape index (κ2) is 7.23. The van der Waals surface area contributed by atoms with Gasteiger partial charge in [0.2, 0.25) is 0 Å². The topological polar surface area (TPSA) is 78.4 Å². The Morgan fingerprint density at radius 3 is 2.67 bits per heavy atom. The first-order valence-corrected chi connectivity index (χ1v) is 8.30. The van der Waals surface area contributed by atoms with Crippen LogP contribution in [-0.2, 0) is 0 Å². The van der Waals surface area contributed by atoms with Crippen molar-refractivity contribution in [2.24, 2.45) is 0 Å². The Morgan fingerprint density at radius 2 is 2.00 bits per heavy atom. The Bertz CT molecular complexity index is 734. The number of amides is 1. The first kappa shape index (κ1) is 16.8. The third-order valence-corrected chi connectivity index (χ3v) is 4.48. The number of anilines is 1. The molecule has 1 amide bonds. The molecule has 3 rings (SSSR count). The molecule has 0 bridgehead atoms. The molecular formula is C16H16Cl2N4O2. The summed E-state index contributed by atoms with van der Waals surface area (Å²) < 4.78 is 0. The van der Waals surface area contributed by atoms with Gasteiger partial charge in [-0.05, 0) is 25.0 Å². The first-order chi connectivity index (χ1) is 11.5. The van der Waals surface area contributed by atoms with E-state index in [1.165, 1.54) is 12.1 Å². The average Bonchev–Trinajstić information content (AvgIpc) is 2.59. The number of carbonyl (C=O) groups is 1. The number of hydrogen-bond donors (Lipinski definition) is 2. The molecule has 24 heavy (non-hydrogen) atoms. The summed E-state index contributed by atoms with van der Waals surface area (Å²) in [5.41, 5.74) is 0.0869. The molecule has 2 N–H and O–H groups in total. The molecule has 0 spiro atoms. The molecule has 2 heterocycles. The second-order valence-electron chi connectivity index (χ2n) is 5.58. The fourth-order valence-electron chi connectivity index (χ4n) is 2.71. The highest BCUT2D eigenvalue weighted by atomic mass is 35.5. The average molecular weight is 367 g/mol. The lowest BCUT2D eigenvalue weighted by atomic mass is 10.0. The number of carbonyl (C=O) groups excluding carboxylic acids is 1. The third kappa shape index (κ3) is 3.71. The van der Waals surface area contributed by atoms with Gasteiger partial charge in [-0.3, -0.25) is 9.78 Å². The maximum absolute atomic E-state index is 12.4. The summed E-state index contributed by atoms with van der Waals surface area (Å²) in [6.07, 6.45) is 6.58. The van der Waals surface area contributed by atoms with Gasteiger partial charge < -0.3 is 15.3 Å². The molecule has 0 radical (unpaired) electrons. The van der Waals surface area contributed by atoms with E-state index in [-0.39, 0.29) is 28.3 Å². The van der Waals surface area contributed by atoms with Crippen LogP contribution in [0.2, 0.25) is 10.0 Å². The fraction of sp³-hybridized carbons (Fsp3) is 0.312. The Kier molecular flexibility index (Phi) is 5.06. The summed E-state index contributed by atoms with van der Waals surface area (Å²) in [6.45, 7) is 1.54. The van der Waals surface area contributed by atoms with E-state index in [4.69, 9.17) is 23.2 Å². The van der Waals surface area contributed by atoms with E-state index in [0.717, 1.165) is 31.7 Å². The number of benzene rings is 1. The Morgan fingerprint density at radius 1 is 1.25 bits per heavy atom. The number of halogens is 2. The summed E-state index contributed by atoms with van der Waals surface area (Å²) in [6, 6.07) is 2.82. The zero-order valence-electron chi connectivity index (χ0n) is 12.7. The van der Waals surface area contributed by atoms with E-state index in [9.17, 15) is 9.90 Å². The maximum atomic E-state index is 12.4. The van der Waals surface area contributed by atoms with E-state index < -0.39 is 0 Å². The van der Waals surface area contributed by atoms with Crippen LogP contribution in [0.25, 0.3) is 0 Å². The Balaban J connectivity index is 1.61. The van der Waals surface area contributed by atoms with Gasteiger partial charge in [-0.1, -0.05) is 23.2 Å². The van der Waals surface area contributed by atoms with E-state index in [0.29, 0.717) is 5.02 Å². The minimum Gasteiger partial charge on any atom is -0.506 e. The van der Waals surface area contributed by atoms with Crippen molar-refractivity contribution in [1.82, 2.24) is 15.3 Å². The number of phenols is 1. The third-order valence-electron chi connectivity index (χ3n) is 3.98. The highest BCUT2D eigenvalue weighted by Crippen LogP contribution is 2.31. The van der Waals surface area contributed by atoms with Crippen LogP contribution in [0.4, 0.5) is 5.82 Å². The van der Waals surface area contributed by atoms with Crippen LogP contribution in [0.5, 0.6) is 5.75 Å². The van der Waals surface area contributed by atoms with Gasteiger partial charge in [0.05, 0.1) is 16.8 Å². The van der Waals surface area contributed by atoms with Crippen molar-refractivity contribution in [2.45, 2.75) is 18.9 Å². The zero-order valence-corrected chi connectivity index (χ0v) is 14.3. The van der Waals surface area contributed by atoms with Gasteiger partial charge in [0.1, 0.15) is 11.6 Å². The van der Waals surface area contributed by atoms with Crippen molar-refractivity contribution < 1.29 is 9.90 Å². The molecule has 126 valence electrons. The van der Waals surface area contributed by atoms with Crippen LogP contribution in [0.1, 0.15) is 23.2 Å². The summed E-state index contributed by atoms with van der Waals surface area (Å²) in [7, 11) is 0. The van der Waals surface area contributed by atoms with Crippen molar-refractivity contribution in [3.05, 3.63) is 46.3 Å². The lowest BCUT2D eigenvalue weighted by Gasteiger charge is -2.32. The molecule has 1 fully saturated rings. The number of piperidine rings is 1. The van der Waals surface area contributed by atoms with Gasteiger partial charge in [0, 0.05) is 36.5 Å². The van der Waals surface area contributed by atoms with Crippen molar-refractivity contribution in [3.63, 3.8) is 0 Å². The van der Waals surface area contributed by atoms with E-state index in [1.54, 1.807) is 18.6 Å². The number of nitrogens with one attached hydrogen (secondary N) is 1. The lowest BCUT2D eigenvalue weighted by Crippen LogP contribution is -2.45. The van der Waals surface area contributed by atoms with Gasteiger partial charge in [-0.15, -0.1) is 0 Å². The van der Waals surface area contributed by atoms with Gasteiger partial charge in [-0.25, -0.2) is 4.98 Å². The molecule has 1 aliphatic rings. The first-order valence-electron chi connectivity index (χ1n) is 7.54. The van der Waals surface area contributed by atoms with Crippen LogP contribution in [0.15, 0.2) is 30.7 Å². The SMILES string of the molecule is O=C(NC1CCN(c2cnccn2)CC1)c1cc(Cl)cc(Cl)c1O. The molecule has 0 atom stereocenters. The smallest absolute Gasteiger partial charge is 0.255 e. The normalized spacial score (nSPS) is 15.3. The van der Waals surface area contributed by atoms with Gasteiger partial charge >= 0.3 is 0 Å². The highest BCUT2D eigenvalue weighted by molar-refractivity contribution is 6.36. The molecule has 8 heteroatoms.